The van der Waals surface area contributed by atoms with E-state index in [1.54, 1.807) is 37.4 Å². The van der Waals surface area contributed by atoms with Gasteiger partial charge in [0, 0.05) is 10.4 Å². The summed E-state index contributed by atoms with van der Waals surface area (Å²) in [5.41, 5.74) is 2.27. The second kappa shape index (κ2) is 7.84. The largest absolute Gasteiger partial charge is 0.507 e. The van der Waals surface area contributed by atoms with E-state index in [0.29, 0.717) is 17.1 Å². The molecule has 6 nitrogen and oxygen atoms in total. The number of ketones is 1. The fourth-order valence-electron chi connectivity index (χ4n) is 3.72. The van der Waals surface area contributed by atoms with Crippen molar-refractivity contribution in [3.63, 3.8) is 0 Å². The number of thiophene rings is 1. The maximum Gasteiger partial charge on any atom is 0.296 e. The van der Waals surface area contributed by atoms with Crippen molar-refractivity contribution in [3.05, 3.63) is 80.9 Å². The lowest BCUT2D eigenvalue weighted by Gasteiger charge is -2.24. The predicted molar refractivity (Wildman–Crippen MR) is 113 cm³/mol. The Kier molecular flexibility index (Phi) is 5.22. The highest BCUT2D eigenvalue weighted by Gasteiger charge is 2.47. The SMILES string of the molecule is COc1ccc(/C(O)=C2\C(=O)C(=O)N(Cc3ccco3)C2c2sccc2C)c(C)c1. The number of amides is 1. The highest BCUT2D eigenvalue weighted by atomic mass is 32.1. The first-order chi connectivity index (χ1) is 14.4. The van der Waals surface area contributed by atoms with Gasteiger partial charge in [-0.1, -0.05) is 0 Å². The first kappa shape index (κ1) is 20.0. The predicted octanol–water partition coefficient (Wildman–Crippen LogP) is 4.59. The monoisotopic (exact) mass is 423 g/mol. The third-order valence-corrected chi connectivity index (χ3v) is 6.36. The van der Waals surface area contributed by atoms with Crippen molar-refractivity contribution in [3.8, 4) is 5.75 Å². The van der Waals surface area contributed by atoms with Crippen LogP contribution in [0.5, 0.6) is 5.75 Å². The summed E-state index contributed by atoms with van der Waals surface area (Å²) in [5, 5.41) is 13.1. The lowest BCUT2D eigenvalue weighted by molar-refractivity contribution is -0.140. The Morgan fingerprint density at radius 2 is 2.00 bits per heavy atom. The summed E-state index contributed by atoms with van der Waals surface area (Å²) in [4.78, 5) is 28.3. The Morgan fingerprint density at radius 3 is 2.60 bits per heavy atom. The number of nitrogens with zero attached hydrogens (tertiary/aromatic N) is 1. The third-order valence-electron chi connectivity index (χ3n) is 5.28. The molecule has 1 N–H and O–H groups in total. The maximum absolute atomic E-state index is 13.1. The van der Waals surface area contributed by atoms with Gasteiger partial charge in [0.25, 0.3) is 11.7 Å². The number of likely N-dealkylation sites (tertiary alicyclic amines) is 1. The summed E-state index contributed by atoms with van der Waals surface area (Å²) >= 11 is 1.45. The summed E-state index contributed by atoms with van der Waals surface area (Å²) in [6, 6.07) is 9.93. The van der Waals surface area contributed by atoms with E-state index in [4.69, 9.17) is 9.15 Å². The average Bonchev–Trinajstić information content (AvgIpc) is 3.45. The first-order valence-electron chi connectivity index (χ1n) is 9.42. The van der Waals surface area contributed by atoms with Crippen LogP contribution < -0.4 is 4.74 Å². The normalized spacial score (nSPS) is 18.2. The Labute approximate surface area is 178 Å². The molecule has 0 saturated carbocycles. The van der Waals surface area contributed by atoms with Crippen molar-refractivity contribution in [2.24, 2.45) is 0 Å². The van der Waals surface area contributed by atoms with Crippen LogP contribution in [0.25, 0.3) is 5.76 Å². The molecule has 0 radical (unpaired) electrons. The molecule has 1 fully saturated rings. The van der Waals surface area contributed by atoms with Crippen LogP contribution in [0.1, 0.15) is 33.4 Å². The minimum Gasteiger partial charge on any atom is -0.507 e. The molecule has 1 atom stereocenters. The molecule has 1 unspecified atom stereocenters. The Morgan fingerprint density at radius 1 is 1.20 bits per heavy atom. The Balaban J connectivity index is 1.88. The van der Waals surface area contributed by atoms with Gasteiger partial charge in [-0.3, -0.25) is 9.59 Å². The number of hydrogen-bond acceptors (Lipinski definition) is 6. The number of benzene rings is 1. The number of ether oxygens (including phenoxy) is 1. The number of carbonyl (C=O) groups is 2. The molecule has 1 saturated heterocycles. The van der Waals surface area contributed by atoms with Crippen LogP contribution in [-0.4, -0.2) is 28.8 Å². The van der Waals surface area contributed by atoms with Crippen molar-refractivity contribution in [1.29, 1.82) is 0 Å². The highest BCUT2D eigenvalue weighted by molar-refractivity contribution is 7.10. The Bertz CT molecular complexity index is 1140. The fourth-order valence-corrected chi connectivity index (χ4v) is 4.77. The molecule has 0 spiro atoms. The topological polar surface area (TPSA) is 80.0 Å². The van der Waals surface area contributed by atoms with E-state index < -0.39 is 17.7 Å². The van der Waals surface area contributed by atoms with E-state index in [9.17, 15) is 14.7 Å². The van der Waals surface area contributed by atoms with Gasteiger partial charge in [0.15, 0.2) is 0 Å². The van der Waals surface area contributed by atoms with Crippen molar-refractivity contribution >= 4 is 28.8 Å². The van der Waals surface area contributed by atoms with Gasteiger partial charge >= 0.3 is 0 Å². The molecule has 0 bridgehead atoms. The zero-order chi connectivity index (χ0) is 21.4. The lowest BCUT2D eigenvalue weighted by atomic mass is 9.96. The van der Waals surface area contributed by atoms with Crippen LogP contribution in [-0.2, 0) is 16.1 Å². The smallest absolute Gasteiger partial charge is 0.296 e. The molecule has 3 aromatic rings. The fraction of sp³-hybridized carbons (Fsp3) is 0.217. The second-order valence-corrected chi connectivity index (χ2v) is 8.10. The quantitative estimate of drug-likeness (QED) is 0.369. The van der Waals surface area contributed by atoms with Crippen molar-refractivity contribution in [2.45, 2.75) is 26.4 Å². The summed E-state index contributed by atoms with van der Waals surface area (Å²) in [7, 11) is 1.56. The van der Waals surface area contributed by atoms with Gasteiger partial charge in [0.2, 0.25) is 0 Å². The number of Topliss-reactive ketones (excluding diaryl/α,β-unsaturated/α-hetero) is 1. The summed E-state index contributed by atoms with van der Waals surface area (Å²) in [5.74, 6) is -0.332. The highest BCUT2D eigenvalue weighted by Crippen LogP contribution is 2.43. The number of hydrogen-bond donors (Lipinski definition) is 1. The average molecular weight is 423 g/mol. The van der Waals surface area contributed by atoms with Crippen LogP contribution >= 0.6 is 11.3 Å². The molecular formula is C23H21NO5S. The van der Waals surface area contributed by atoms with Gasteiger partial charge in [-0.25, -0.2) is 0 Å². The minimum absolute atomic E-state index is 0.0883. The van der Waals surface area contributed by atoms with Crippen LogP contribution in [0.4, 0.5) is 0 Å². The van der Waals surface area contributed by atoms with Gasteiger partial charge in [-0.05, 0) is 66.8 Å². The van der Waals surface area contributed by atoms with Crippen molar-refractivity contribution in [1.82, 2.24) is 4.90 Å². The molecule has 1 aliphatic rings. The van der Waals surface area contributed by atoms with Gasteiger partial charge in [-0.15, -0.1) is 11.3 Å². The lowest BCUT2D eigenvalue weighted by Crippen LogP contribution is -2.28. The molecule has 30 heavy (non-hydrogen) atoms. The molecule has 154 valence electrons. The standard InChI is InChI=1S/C23H21NO5S/c1-13-8-10-30-22(13)19-18(20(25)17-7-6-15(28-3)11-14(17)2)21(26)23(27)24(19)12-16-5-4-9-29-16/h4-11,19,25H,12H2,1-3H3/b20-18+. The van der Waals surface area contributed by atoms with Gasteiger partial charge in [0.05, 0.1) is 25.5 Å². The van der Waals surface area contributed by atoms with Gasteiger partial charge < -0.3 is 19.2 Å². The molecule has 1 amide bonds. The summed E-state index contributed by atoms with van der Waals surface area (Å²) in [6.07, 6.45) is 1.53. The number of rotatable bonds is 5. The van der Waals surface area contributed by atoms with Crippen LogP contribution in [0.2, 0.25) is 0 Å². The molecule has 0 aliphatic carbocycles. The van der Waals surface area contributed by atoms with Gasteiger partial charge in [-0.2, -0.15) is 0 Å². The zero-order valence-electron chi connectivity index (χ0n) is 16.8. The molecule has 4 rings (SSSR count). The van der Waals surface area contributed by atoms with Crippen LogP contribution in [0.3, 0.4) is 0 Å². The number of methoxy groups -OCH3 is 1. The van der Waals surface area contributed by atoms with Crippen LogP contribution in [0, 0.1) is 13.8 Å². The van der Waals surface area contributed by atoms with Gasteiger partial charge in [0.1, 0.15) is 23.3 Å². The third kappa shape index (κ3) is 3.31. The molecule has 2 aromatic heterocycles. The van der Waals surface area contributed by atoms with E-state index in [2.05, 4.69) is 0 Å². The number of furan rings is 1. The van der Waals surface area contributed by atoms with E-state index in [0.717, 1.165) is 16.0 Å². The molecular weight excluding hydrogens is 402 g/mol. The molecule has 7 heteroatoms. The van der Waals surface area contributed by atoms with Crippen molar-refractivity contribution in [2.75, 3.05) is 7.11 Å². The maximum atomic E-state index is 13.1. The van der Waals surface area contributed by atoms with E-state index in [-0.39, 0.29) is 17.9 Å². The number of carbonyl (C=O) groups excluding carboxylic acids is 2. The van der Waals surface area contributed by atoms with E-state index in [1.165, 1.54) is 22.5 Å². The second-order valence-electron chi connectivity index (χ2n) is 7.16. The molecule has 1 aliphatic heterocycles. The Hall–Kier alpha value is -3.32. The molecule has 3 heterocycles. The number of aryl methyl sites for hydroxylation is 2. The molecule has 1 aromatic carbocycles. The summed E-state index contributed by atoms with van der Waals surface area (Å²) in [6.45, 7) is 3.89. The number of aliphatic hydroxyl groups is 1. The van der Waals surface area contributed by atoms with Crippen LogP contribution in [0.15, 0.2) is 58.0 Å². The van der Waals surface area contributed by atoms with E-state index in [1.807, 2.05) is 25.3 Å². The zero-order valence-corrected chi connectivity index (χ0v) is 17.7. The van der Waals surface area contributed by atoms with Crippen molar-refractivity contribution < 1.29 is 23.8 Å². The summed E-state index contributed by atoms with van der Waals surface area (Å²) < 4.78 is 10.6. The van der Waals surface area contributed by atoms with E-state index >= 15 is 0 Å². The minimum atomic E-state index is -0.702. The number of aliphatic hydroxyl groups excluding tert-OH is 1. The first-order valence-corrected chi connectivity index (χ1v) is 10.3.